The minimum absolute atomic E-state index is 0.246. The van der Waals surface area contributed by atoms with E-state index in [1.807, 2.05) is 42.5 Å². The lowest BCUT2D eigenvalue weighted by Crippen LogP contribution is -2.10. The van der Waals surface area contributed by atoms with E-state index in [4.69, 9.17) is 8.83 Å². The van der Waals surface area contributed by atoms with Gasteiger partial charge in [-0.15, -0.1) is 0 Å². The number of hydrogen-bond acceptors (Lipinski definition) is 5. The van der Waals surface area contributed by atoms with Crippen molar-refractivity contribution in [1.29, 1.82) is 0 Å². The summed E-state index contributed by atoms with van der Waals surface area (Å²) in [4.78, 5) is 4.55. The predicted octanol–water partition coefficient (Wildman–Crippen LogP) is 15.6. The Morgan fingerprint density at radius 3 is 1.76 bits per heavy atom. The van der Waals surface area contributed by atoms with Crippen LogP contribution < -0.4 is 9.80 Å². The maximum Gasteiger partial charge on any atom is 0.159 e. The van der Waals surface area contributed by atoms with E-state index in [0.717, 1.165) is 99.9 Å². The molecule has 0 fully saturated rings. The van der Waals surface area contributed by atoms with Crippen LogP contribution in [0.5, 0.6) is 5.75 Å². The van der Waals surface area contributed by atoms with E-state index in [0.29, 0.717) is 0 Å². The van der Waals surface area contributed by atoms with Gasteiger partial charge in [0.15, 0.2) is 5.58 Å². The van der Waals surface area contributed by atoms with Crippen molar-refractivity contribution in [3.8, 4) is 16.9 Å². The number of phenolic OH excluding ortho intramolecular Hbond substituents is 1. The zero-order valence-corrected chi connectivity index (χ0v) is 32.6. The summed E-state index contributed by atoms with van der Waals surface area (Å²) in [5, 5.41) is 17.3. The van der Waals surface area contributed by atoms with Gasteiger partial charge in [0.2, 0.25) is 0 Å². The lowest BCUT2D eigenvalue weighted by atomic mass is 9.99. The molecular formula is C54H38N2O3. The largest absolute Gasteiger partial charge is 0.507 e. The molecule has 0 spiro atoms. The summed E-state index contributed by atoms with van der Waals surface area (Å²) >= 11 is 0. The molecule has 5 nitrogen and oxygen atoms in total. The number of benzene rings is 9. The van der Waals surface area contributed by atoms with E-state index in [2.05, 4.69) is 163 Å². The maximum absolute atomic E-state index is 10.8. The fourth-order valence-corrected chi connectivity index (χ4v) is 8.61. The number of fused-ring (bicyclic) bond motifs is 8. The third-order valence-electron chi connectivity index (χ3n) is 11.5. The Hall–Kier alpha value is -7.76. The Balaban J connectivity index is 1.12. The van der Waals surface area contributed by atoms with Crippen LogP contribution in [-0.4, -0.2) is 5.11 Å². The number of furan rings is 2. The predicted molar refractivity (Wildman–Crippen MR) is 244 cm³/mol. The van der Waals surface area contributed by atoms with Crippen molar-refractivity contribution in [1.82, 2.24) is 0 Å². The van der Waals surface area contributed by atoms with Crippen molar-refractivity contribution in [3.05, 3.63) is 199 Å². The van der Waals surface area contributed by atoms with E-state index in [1.54, 1.807) is 6.07 Å². The highest BCUT2D eigenvalue weighted by molar-refractivity contribution is 6.23. The van der Waals surface area contributed by atoms with Crippen LogP contribution in [0.2, 0.25) is 0 Å². The summed E-state index contributed by atoms with van der Waals surface area (Å²) in [6.45, 7) is 4.21. The first-order chi connectivity index (χ1) is 29.0. The normalized spacial score (nSPS) is 11.6. The number of aromatic hydroxyl groups is 1. The molecule has 59 heavy (non-hydrogen) atoms. The number of nitrogens with zero attached hydrogens (tertiary/aromatic N) is 2. The first-order valence-electron chi connectivity index (χ1n) is 19.9. The molecule has 0 unspecified atom stereocenters. The number of para-hydroxylation sites is 3. The van der Waals surface area contributed by atoms with Crippen molar-refractivity contribution in [2.24, 2.45) is 0 Å². The molecule has 2 heterocycles. The maximum atomic E-state index is 10.8. The smallest absolute Gasteiger partial charge is 0.159 e. The molecule has 11 aromatic rings. The number of aryl methyl sites for hydroxylation is 2. The van der Waals surface area contributed by atoms with Crippen LogP contribution in [0.3, 0.4) is 0 Å². The first kappa shape index (κ1) is 34.5. The molecular weight excluding hydrogens is 725 g/mol. The molecule has 0 aliphatic carbocycles. The van der Waals surface area contributed by atoms with Gasteiger partial charge in [0.25, 0.3) is 0 Å². The van der Waals surface area contributed by atoms with Gasteiger partial charge in [-0.05, 0) is 91.5 Å². The lowest BCUT2D eigenvalue weighted by Gasteiger charge is -2.27. The summed E-state index contributed by atoms with van der Waals surface area (Å²) in [6, 6.07) is 64.9. The van der Waals surface area contributed by atoms with Crippen molar-refractivity contribution in [2.75, 3.05) is 9.80 Å². The van der Waals surface area contributed by atoms with Crippen LogP contribution in [0.4, 0.5) is 34.1 Å². The average molecular weight is 763 g/mol. The number of anilines is 6. The van der Waals surface area contributed by atoms with Crippen molar-refractivity contribution >= 4 is 88.8 Å². The molecule has 0 saturated heterocycles. The first-order valence-corrected chi connectivity index (χ1v) is 19.9. The second kappa shape index (κ2) is 13.7. The summed E-state index contributed by atoms with van der Waals surface area (Å²) in [5.41, 5.74) is 13.2. The lowest BCUT2D eigenvalue weighted by molar-refractivity contribution is 0.477. The molecule has 0 radical (unpaired) electrons. The zero-order valence-electron chi connectivity index (χ0n) is 32.6. The van der Waals surface area contributed by atoms with Gasteiger partial charge in [0.1, 0.15) is 22.5 Å². The Kier molecular flexibility index (Phi) is 8.02. The van der Waals surface area contributed by atoms with Gasteiger partial charge < -0.3 is 23.7 Å². The fourth-order valence-electron chi connectivity index (χ4n) is 8.61. The van der Waals surface area contributed by atoms with Gasteiger partial charge in [-0.1, -0.05) is 120 Å². The molecule has 282 valence electrons. The standard InChI is InChI=1S/C54H38N2O3/c1-34-21-25-37(26-22-34)55(47-18-10-17-45-43-15-6-8-20-50(43)59-54(45)47)40-29-30-46-51(32-40)58-52-33-48(42-14-3-4-16-44(42)53(46)52)56(38-27-23-35(2)24-28-38)39-12-9-11-36(31-39)41-13-5-7-19-49(41)57/h3-33,57H,1-2H3. The van der Waals surface area contributed by atoms with Crippen LogP contribution in [0.15, 0.2) is 197 Å². The molecule has 0 aliphatic heterocycles. The molecule has 1 N–H and O–H groups in total. The highest BCUT2D eigenvalue weighted by Crippen LogP contribution is 2.48. The molecule has 5 heteroatoms. The minimum atomic E-state index is 0.246. The third kappa shape index (κ3) is 5.78. The molecule has 11 rings (SSSR count). The quantitative estimate of drug-likeness (QED) is 0.175. The summed E-state index contributed by atoms with van der Waals surface area (Å²) in [5.74, 6) is 0.246. The van der Waals surface area contributed by atoms with Gasteiger partial charge in [-0.2, -0.15) is 0 Å². The van der Waals surface area contributed by atoms with Crippen LogP contribution in [0.1, 0.15) is 11.1 Å². The van der Waals surface area contributed by atoms with E-state index in [1.165, 1.54) is 11.1 Å². The number of phenols is 1. The van der Waals surface area contributed by atoms with Gasteiger partial charge >= 0.3 is 0 Å². The second-order valence-corrected chi connectivity index (χ2v) is 15.3. The Morgan fingerprint density at radius 1 is 0.390 bits per heavy atom. The third-order valence-corrected chi connectivity index (χ3v) is 11.5. The molecule has 2 aromatic heterocycles. The van der Waals surface area contributed by atoms with Crippen molar-refractivity contribution in [3.63, 3.8) is 0 Å². The molecule has 0 aliphatic rings. The summed E-state index contributed by atoms with van der Waals surface area (Å²) in [7, 11) is 0. The Labute approximate surface area is 341 Å². The topological polar surface area (TPSA) is 53.0 Å². The van der Waals surface area contributed by atoms with E-state index in [-0.39, 0.29) is 5.75 Å². The second-order valence-electron chi connectivity index (χ2n) is 15.3. The monoisotopic (exact) mass is 762 g/mol. The average Bonchev–Trinajstić information content (AvgIpc) is 3.84. The number of rotatable bonds is 7. The molecule has 0 bridgehead atoms. The van der Waals surface area contributed by atoms with Crippen LogP contribution >= 0.6 is 0 Å². The van der Waals surface area contributed by atoms with E-state index >= 15 is 0 Å². The molecule has 0 atom stereocenters. The van der Waals surface area contributed by atoms with Gasteiger partial charge in [-0.25, -0.2) is 0 Å². The minimum Gasteiger partial charge on any atom is -0.507 e. The van der Waals surface area contributed by atoms with Crippen LogP contribution in [0.25, 0.3) is 65.8 Å². The fraction of sp³-hybridized carbons (Fsp3) is 0.0370. The molecule has 9 aromatic carbocycles. The van der Waals surface area contributed by atoms with Gasteiger partial charge in [-0.3, -0.25) is 0 Å². The summed E-state index contributed by atoms with van der Waals surface area (Å²) < 4.78 is 13.5. The Morgan fingerprint density at radius 2 is 1.00 bits per heavy atom. The van der Waals surface area contributed by atoms with Crippen LogP contribution in [0, 0.1) is 13.8 Å². The molecule has 0 saturated carbocycles. The zero-order chi connectivity index (χ0) is 39.6. The Bertz CT molecular complexity index is 3380. The van der Waals surface area contributed by atoms with Crippen molar-refractivity contribution < 1.29 is 13.9 Å². The van der Waals surface area contributed by atoms with Crippen LogP contribution in [-0.2, 0) is 0 Å². The highest BCUT2D eigenvalue weighted by Gasteiger charge is 2.23. The SMILES string of the molecule is Cc1ccc(N(c2cccc(-c3ccccc3O)c2)c2cc3oc4cc(N(c5ccc(C)cc5)c5cccc6c5oc5ccccc56)ccc4c3c3ccccc23)cc1. The van der Waals surface area contributed by atoms with E-state index < -0.39 is 0 Å². The van der Waals surface area contributed by atoms with E-state index in [9.17, 15) is 5.11 Å². The van der Waals surface area contributed by atoms with Gasteiger partial charge in [0.05, 0.1) is 17.1 Å². The highest BCUT2D eigenvalue weighted by atomic mass is 16.3. The summed E-state index contributed by atoms with van der Waals surface area (Å²) in [6.07, 6.45) is 0. The molecule has 0 amide bonds. The van der Waals surface area contributed by atoms with Crippen molar-refractivity contribution in [2.45, 2.75) is 13.8 Å². The number of hydrogen-bond donors (Lipinski definition) is 1. The van der Waals surface area contributed by atoms with Gasteiger partial charge in [0, 0.05) is 61.7 Å².